The Hall–Kier alpha value is -2.89. The van der Waals surface area contributed by atoms with Crippen LogP contribution in [-0.2, 0) is 9.59 Å². The van der Waals surface area contributed by atoms with Gasteiger partial charge in [-0.2, -0.15) is 0 Å². The lowest BCUT2D eigenvalue weighted by Gasteiger charge is -2.23. The molecule has 1 aromatic carbocycles. The van der Waals surface area contributed by atoms with Gasteiger partial charge in [-0.15, -0.1) is 0 Å². The van der Waals surface area contributed by atoms with Crippen molar-refractivity contribution in [1.82, 2.24) is 15.7 Å². The van der Waals surface area contributed by atoms with Gasteiger partial charge in [0.05, 0.1) is 13.2 Å². The summed E-state index contributed by atoms with van der Waals surface area (Å²) in [6, 6.07) is 1.88. The van der Waals surface area contributed by atoms with Gasteiger partial charge >= 0.3 is 0 Å². The van der Waals surface area contributed by atoms with Gasteiger partial charge in [-0.25, -0.2) is 5.48 Å². The molecule has 1 fully saturated rings. The smallest absolute Gasteiger partial charge is 0.266 e. The first-order chi connectivity index (χ1) is 14.3. The number of nitrogens with two attached hydrogens (primary N) is 2. The van der Waals surface area contributed by atoms with Crippen molar-refractivity contribution in [2.24, 2.45) is 11.5 Å². The minimum Gasteiger partial charge on any atom is -0.504 e. The van der Waals surface area contributed by atoms with Crippen LogP contribution >= 0.6 is 0 Å². The maximum atomic E-state index is 12.9. The van der Waals surface area contributed by atoms with Gasteiger partial charge in [0.25, 0.3) is 11.8 Å². The van der Waals surface area contributed by atoms with E-state index in [2.05, 4.69) is 5.32 Å². The normalized spacial score (nSPS) is 19.3. The van der Waals surface area contributed by atoms with Crippen molar-refractivity contribution >= 4 is 17.7 Å². The van der Waals surface area contributed by atoms with Crippen molar-refractivity contribution in [3.63, 3.8) is 0 Å². The standard InChI is InChI=1S/C19H29N5O6/c1-30-16-6-5-11(8-15(16)25)19(28)24-10-12(9-14(24)18(27)23-29)22-17(26)13(21)4-2-3-7-20/h5-6,8,12-14,25,29H,2-4,7,9-10,20-21H2,1H3,(H,22,26)(H,23,27)/t12-,13-,14-/m0/s1. The first-order valence-electron chi connectivity index (χ1n) is 9.70. The fourth-order valence-corrected chi connectivity index (χ4v) is 3.42. The Morgan fingerprint density at radius 3 is 2.67 bits per heavy atom. The highest BCUT2D eigenvalue weighted by atomic mass is 16.5. The number of benzene rings is 1. The molecule has 0 saturated carbocycles. The van der Waals surface area contributed by atoms with Crippen LogP contribution in [0.1, 0.15) is 36.0 Å². The maximum Gasteiger partial charge on any atom is 0.266 e. The van der Waals surface area contributed by atoms with Gasteiger partial charge in [-0.1, -0.05) is 6.42 Å². The Morgan fingerprint density at radius 2 is 2.07 bits per heavy atom. The minimum absolute atomic E-state index is 0.0466. The van der Waals surface area contributed by atoms with Gasteiger partial charge < -0.3 is 31.5 Å². The predicted octanol–water partition coefficient (Wildman–Crippen LogP) is -0.938. The van der Waals surface area contributed by atoms with Gasteiger partial charge in [0, 0.05) is 18.2 Å². The zero-order chi connectivity index (χ0) is 22.3. The first kappa shape index (κ1) is 23.4. The molecule has 0 spiro atoms. The number of hydrogen-bond donors (Lipinski definition) is 6. The van der Waals surface area contributed by atoms with Crippen molar-refractivity contribution in [2.75, 3.05) is 20.2 Å². The van der Waals surface area contributed by atoms with Gasteiger partial charge in [0.15, 0.2) is 11.5 Å². The van der Waals surface area contributed by atoms with Gasteiger partial charge in [0.1, 0.15) is 6.04 Å². The molecule has 2 rings (SSSR count). The van der Waals surface area contributed by atoms with E-state index >= 15 is 0 Å². The van der Waals surface area contributed by atoms with Crippen LogP contribution in [0.15, 0.2) is 18.2 Å². The Labute approximate surface area is 174 Å². The number of phenols is 1. The van der Waals surface area contributed by atoms with Crippen LogP contribution in [0.5, 0.6) is 11.5 Å². The number of amides is 3. The number of methoxy groups -OCH3 is 1. The van der Waals surface area contributed by atoms with Crippen LogP contribution in [0.25, 0.3) is 0 Å². The highest BCUT2D eigenvalue weighted by molar-refractivity contribution is 5.98. The number of hydroxylamine groups is 1. The molecule has 0 aliphatic carbocycles. The van der Waals surface area contributed by atoms with E-state index in [1.165, 1.54) is 30.2 Å². The average Bonchev–Trinajstić information content (AvgIpc) is 3.16. The van der Waals surface area contributed by atoms with Crippen LogP contribution in [0.4, 0.5) is 0 Å². The quantitative estimate of drug-likeness (QED) is 0.167. The number of likely N-dealkylation sites (tertiary alicyclic amines) is 1. The molecular weight excluding hydrogens is 394 g/mol. The molecule has 0 aromatic heterocycles. The second-order valence-electron chi connectivity index (χ2n) is 7.17. The van der Waals surface area contributed by atoms with Crippen molar-refractivity contribution in [1.29, 1.82) is 0 Å². The number of rotatable bonds is 9. The molecule has 11 nitrogen and oxygen atoms in total. The molecule has 3 amide bonds. The molecule has 0 radical (unpaired) electrons. The summed E-state index contributed by atoms with van der Waals surface area (Å²) in [7, 11) is 1.38. The summed E-state index contributed by atoms with van der Waals surface area (Å²) in [5.41, 5.74) is 13.0. The Morgan fingerprint density at radius 1 is 1.33 bits per heavy atom. The van der Waals surface area contributed by atoms with Crippen molar-refractivity contribution in [3.8, 4) is 11.5 Å². The number of aromatic hydroxyl groups is 1. The number of nitrogens with zero attached hydrogens (tertiary/aromatic N) is 1. The largest absolute Gasteiger partial charge is 0.504 e. The molecular formula is C19H29N5O6. The van der Waals surface area contributed by atoms with Crippen LogP contribution in [0, 0.1) is 0 Å². The van der Waals surface area contributed by atoms with E-state index in [0.29, 0.717) is 13.0 Å². The van der Waals surface area contributed by atoms with E-state index in [4.69, 9.17) is 21.4 Å². The molecule has 11 heteroatoms. The topological polar surface area (TPSA) is 180 Å². The summed E-state index contributed by atoms with van der Waals surface area (Å²) in [5, 5.41) is 21.7. The number of unbranched alkanes of at least 4 members (excludes halogenated alkanes) is 1. The molecule has 1 aromatic rings. The average molecular weight is 423 g/mol. The van der Waals surface area contributed by atoms with Crippen LogP contribution < -0.4 is 27.0 Å². The molecule has 0 unspecified atom stereocenters. The number of ether oxygens (including phenoxy) is 1. The number of carbonyl (C=O) groups is 3. The van der Waals surface area contributed by atoms with E-state index in [1.54, 1.807) is 5.48 Å². The van der Waals surface area contributed by atoms with Crippen LogP contribution in [0.2, 0.25) is 0 Å². The zero-order valence-electron chi connectivity index (χ0n) is 16.8. The van der Waals surface area contributed by atoms with Crippen molar-refractivity contribution < 1.29 is 29.4 Å². The fraction of sp³-hybridized carbons (Fsp3) is 0.526. The molecule has 1 saturated heterocycles. The van der Waals surface area contributed by atoms with Gasteiger partial charge in [-0.3, -0.25) is 19.6 Å². The Balaban J connectivity index is 2.10. The zero-order valence-corrected chi connectivity index (χ0v) is 16.8. The third-order valence-corrected chi connectivity index (χ3v) is 5.05. The first-order valence-corrected chi connectivity index (χ1v) is 9.70. The molecule has 1 aliphatic heterocycles. The summed E-state index contributed by atoms with van der Waals surface area (Å²) >= 11 is 0. The Bertz CT molecular complexity index is 774. The number of hydrogen-bond acceptors (Lipinski definition) is 8. The third kappa shape index (κ3) is 5.59. The summed E-state index contributed by atoms with van der Waals surface area (Å²) < 4.78 is 4.96. The third-order valence-electron chi connectivity index (χ3n) is 5.05. The molecule has 0 bridgehead atoms. The number of carbonyl (C=O) groups excluding carboxylic acids is 3. The molecule has 30 heavy (non-hydrogen) atoms. The van der Waals surface area contributed by atoms with Crippen LogP contribution in [-0.4, -0.2) is 71.3 Å². The fourth-order valence-electron chi connectivity index (χ4n) is 3.42. The predicted molar refractivity (Wildman–Crippen MR) is 107 cm³/mol. The van der Waals surface area contributed by atoms with Crippen molar-refractivity contribution in [3.05, 3.63) is 23.8 Å². The highest BCUT2D eigenvalue weighted by Crippen LogP contribution is 2.28. The molecule has 1 aliphatic rings. The Kier molecular flexibility index (Phi) is 8.39. The lowest BCUT2D eigenvalue weighted by atomic mass is 10.1. The number of phenolic OH excluding ortho intramolecular Hbond substituents is 1. The molecule has 1 heterocycles. The summed E-state index contributed by atoms with van der Waals surface area (Å²) in [5.74, 6) is -1.71. The molecule has 3 atom stereocenters. The van der Waals surface area contributed by atoms with Crippen LogP contribution in [0.3, 0.4) is 0 Å². The lowest BCUT2D eigenvalue weighted by molar-refractivity contribution is -0.133. The maximum absolute atomic E-state index is 12.9. The lowest BCUT2D eigenvalue weighted by Crippen LogP contribution is -2.46. The minimum atomic E-state index is -0.995. The van der Waals surface area contributed by atoms with Gasteiger partial charge in [0.2, 0.25) is 5.91 Å². The summed E-state index contributed by atoms with van der Waals surface area (Å²) in [6.45, 7) is 0.567. The van der Waals surface area contributed by atoms with Crippen molar-refractivity contribution in [2.45, 2.75) is 43.8 Å². The summed E-state index contributed by atoms with van der Waals surface area (Å²) in [4.78, 5) is 38.6. The van der Waals surface area contributed by atoms with E-state index in [9.17, 15) is 19.5 Å². The van der Waals surface area contributed by atoms with E-state index in [1.807, 2.05) is 0 Å². The van der Waals surface area contributed by atoms with E-state index in [-0.39, 0.29) is 35.9 Å². The monoisotopic (exact) mass is 423 g/mol. The molecule has 166 valence electrons. The second-order valence-corrected chi connectivity index (χ2v) is 7.17. The molecule has 8 N–H and O–H groups in total. The number of nitrogens with one attached hydrogen (secondary N) is 2. The second kappa shape index (κ2) is 10.8. The SMILES string of the molecule is COc1ccc(C(=O)N2C[C@@H](NC(=O)[C@@H](N)CCCCN)C[C@H]2C(=O)NO)cc1O. The van der Waals surface area contributed by atoms with Gasteiger partial charge in [-0.05, 0) is 44.0 Å². The van der Waals surface area contributed by atoms with E-state index < -0.39 is 29.9 Å². The van der Waals surface area contributed by atoms with E-state index in [0.717, 1.165) is 12.8 Å². The summed E-state index contributed by atoms with van der Waals surface area (Å²) in [6.07, 6.45) is 2.07. The highest BCUT2D eigenvalue weighted by Gasteiger charge is 2.41.